The van der Waals surface area contributed by atoms with Gasteiger partial charge in [0.2, 0.25) is 0 Å². The molecular weight excluding hydrogens is 451 g/mol. The highest BCUT2D eigenvalue weighted by atomic mass is 32.2. The molecule has 0 bridgehead atoms. The van der Waals surface area contributed by atoms with Crippen LogP contribution < -0.4 is 5.73 Å². The Morgan fingerprint density at radius 1 is 1.24 bits per heavy atom. The second-order valence-electron chi connectivity index (χ2n) is 8.81. The number of fused-ring (bicyclic) bond motifs is 1. The van der Waals surface area contributed by atoms with Gasteiger partial charge in [-0.1, -0.05) is 30.0 Å². The van der Waals surface area contributed by atoms with Gasteiger partial charge in [-0.15, -0.1) is 0 Å². The van der Waals surface area contributed by atoms with Gasteiger partial charge in [0.05, 0.1) is 4.91 Å². The maximum Gasteiger partial charge on any atom is 0.389 e. The van der Waals surface area contributed by atoms with E-state index in [-0.39, 0.29) is 18.0 Å². The number of amides is 1. The van der Waals surface area contributed by atoms with E-state index in [0.29, 0.717) is 17.7 Å². The number of benzene rings is 1. The molecule has 1 aromatic carbocycles. The van der Waals surface area contributed by atoms with Gasteiger partial charge in [-0.3, -0.25) is 9.69 Å². The molecular formula is C23H30F3N5OS. The molecule has 10 heteroatoms. The normalized spacial score (nSPS) is 21.5. The van der Waals surface area contributed by atoms with Crippen molar-refractivity contribution in [2.75, 3.05) is 33.2 Å². The molecule has 2 aliphatic rings. The third-order valence-corrected chi connectivity index (χ3v) is 7.71. The number of likely N-dealkylation sites (N-methyl/N-ethyl adjacent to an activating group) is 1. The number of piperazine rings is 1. The molecule has 0 radical (unpaired) electrons. The summed E-state index contributed by atoms with van der Waals surface area (Å²) in [6.45, 7) is 3.45. The van der Waals surface area contributed by atoms with Crippen LogP contribution in [0.3, 0.4) is 0 Å². The van der Waals surface area contributed by atoms with Gasteiger partial charge in [0.15, 0.2) is 0 Å². The Morgan fingerprint density at radius 2 is 1.97 bits per heavy atom. The van der Waals surface area contributed by atoms with E-state index in [4.69, 9.17) is 5.73 Å². The summed E-state index contributed by atoms with van der Waals surface area (Å²) in [5.41, 5.74) is 7.52. The first-order chi connectivity index (χ1) is 15.7. The van der Waals surface area contributed by atoms with Crippen molar-refractivity contribution in [3.8, 4) is 0 Å². The number of aromatic amines is 1. The summed E-state index contributed by atoms with van der Waals surface area (Å²) >= 11 is 1.41. The lowest BCUT2D eigenvalue weighted by Crippen LogP contribution is -2.53. The zero-order chi connectivity index (χ0) is 23.6. The quantitative estimate of drug-likeness (QED) is 0.602. The lowest BCUT2D eigenvalue weighted by molar-refractivity contribution is -0.136. The van der Waals surface area contributed by atoms with Gasteiger partial charge in [0.1, 0.15) is 5.50 Å². The van der Waals surface area contributed by atoms with E-state index < -0.39 is 18.5 Å². The molecule has 1 aromatic heterocycles. The predicted octanol–water partition coefficient (Wildman–Crippen LogP) is 3.72. The predicted molar refractivity (Wildman–Crippen MR) is 125 cm³/mol. The van der Waals surface area contributed by atoms with Crippen LogP contribution in [-0.4, -0.2) is 76.5 Å². The lowest BCUT2D eigenvalue weighted by Gasteiger charge is -2.42. The fourth-order valence-electron chi connectivity index (χ4n) is 4.57. The molecule has 0 saturated carbocycles. The average Bonchev–Trinajstić information content (AvgIpc) is 3.38. The molecule has 2 unspecified atom stereocenters. The monoisotopic (exact) mass is 481 g/mol. The van der Waals surface area contributed by atoms with Crippen LogP contribution in [0.15, 0.2) is 41.6 Å². The van der Waals surface area contributed by atoms with Crippen LogP contribution in [0, 0.1) is 0 Å². The Labute approximate surface area is 195 Å². The first-order valence-electron chi connectivity index (χ1n) is 11.2. The molecule has 2 aromatic rings. The van der Waals surface area contributed by atoms with Gasteiger partial charge >= 0.3 is 6.18 Å². The number of hydrogen-bond donors (Lipinski definition) is 2. The van der Waals surface area contributed by atoms with Crippen LogP contribution in [-0.2, 0) is 11.2 Å². The topological polar surface area (TPSA) is 68.6 Å². The second kappa shape index (κ2) is 9.99. The van der Waals surface area contributed by atoms with Crippen LogP contribution in [0.4, 0.5) is 13.2 Å². The maximum atomic E-state index is 12.9. The van der Waals surface area contributed by atoms with Gasteiger partial charge in [-0.05, 0) is 37.9 Å². The highest BCUT2D eigenvalue weighted by Gasteiger charge is 2.38. The number of thioether (sulfide) groups is 1. The molecule has 6 nitrogen and oxygen atoms in total. The number of alkyl halides is 3. The summed E-state index contributed by atoms with van der Waals surface area (Å²) in [6, 6.07) is 7.73. The van der Waals surface area contributed by atoms with E-state index >= 15 is 0 Å². The Hall–Kier alpha value is -2.17. The van der Waals surface area contributed by atoms with E-state index in [1.807, 2.05) is 30.5 Å². The first-order valence-corrected chi connectivity index (χ1v) is 12.1. The number of nitrogens with one attached hydrogen (secondary N) is 1. The van der Waals surface area contributed by atoms with Crippen molar-refractivity contribution in [3.63, 3.8) is 0 Å². The Bertz CT molecular complexity index is 999. The number of nitrogens with zero attached hydrogens (tertiary/aromatic N) is 3. The highest BCUT2D eigenvalue weighted by Crippen LogP contribution is 2.39. The molecule has 33 heavy (non-hydrogen) atoms. The summed E-state index contributed by atoms with van der Waals surface area (Å²) in [7, 11) is 2.07. The Balaban J connectivity index is 1.61. The third-order valence-electron chi connectivity index (χ3n) is 6.40. The standard InChI is InChI=1S/C23H30F3N5OS/c1-29-9-11-30(12-10-29)22-31(15-20(33-22)21(27)32)17(5-4-8-23(24,25)26)13-16-14-28-19-7-3-2-6-18(16)19/h2-3,6-7,14-15,17,22,28H,4-5,8-13H2,1H3,(H2,27,32). The molecule has 2 aliphatic heterocycles. The minimum Gasteiger partial charge on any atom is -0.365 e. The Kier molecular flexibility index (Phi) is 7.25. The number of primary amides is 1. The van der Waals surface area contributed by atoms with E-state index in [0.717, 1.165) is 42.6 Å². The van der Waals surface area contributed by atoms with Crippen molar-refractivity contribution in [1.82, 2.24) is 19.7 Å². The minimum atomic E-state index is -4.18. The zero-order valence-electron chi connectivity index (χ0n) is 18.6. The van der Waals surface area contributed by atoms with Gasteiger partial charge < -0.3 is 20.5 Å². The zero-order valence-corrected chi connectivity index (χ0v) is 19.5. The van der Waals surface area contributed by atoms with Crippen molar-refractivity contribution < 1.29 is 18.0 Å². The van der Waals surface area contributed by atoms with Crippen LogP contribution >= 0.6 is 11.8 Å². The first kappa shape index (κ1) is 24.0. The molecule has 3 heterocycles. The van der Waals surface area contributed by atoms with Crippen LogP contribution in [0.5, 0.6) is 0 Å². The molecule has 0 spiro atoms. The average molecular weight is 482 g/mol. The highest BCUT2D eigenvalue weighted by molar-refractivity contribution is 8.04. The molecule has 3 N–H and O–H groups in total. The van der Waals surface area contributed by atoms with Crippen molar-refractivity contribution in [1.29, 1.82) is 0 Å². The van der Waals surface area contributed by atoms with Gasteiger partial charge in [0, 0.05) is 61.9 Å². The Morgan fingerprint density at radius 3 is 2.67 bits per heavy atom. The van der Waals surface area contributed by atoms with E-state index in [1.165, 1.54) is 11.8 Å². The van der Waals surface area contributed by atoms with Gasteiger partial charge in [-0.2, -0.15) is 13.2 Å². The summed E-state index contributed by atoms with van der Waals surface area (Å²) in [4.78, 5) is 22.4. The van der Waals surface area contributed by atoms with Gasteiger partial charge in [-0.25, -0.2) is 0 Å². The number of halogens is 3. The summed E-state index contributed by atoms with van der Waals surface area (Å²) < 4.78 is 38.8. The number of rotatable bonds is 8. The molecule has 4 rings (SSSR count). The SMILES string of the molecule is CN1CCN(C2SC(C(N)=O)=CN2C(CCCC(F)(F)F)Cc2c[nH]c3ccccc23)CC1. The molecule has 0 aliphatic carbocycles. The molecule has 1 fully saturated rings. The fraction of sp³-hybridized carbons (Fsp3) is 0.522. The van der Waals surface area contributed by atoms with E-state index in [1.54, 1.807) is 6.20 Å². The van der Waals surface area contributed by atoms with Crippen molar-refractivity contribution in [2.45, 2.75) is 43.4 Å². The fourth-order valence-corrected chi connectivity index (χ4v) is 5.81. The number of aromatic nitrogens is 1. The van der Waals surface area contributed by atoms with Crippen LogP contribution in [0.2, 0.25) is 0 Å². The summed E-state index contributed by atoms with van der Waals surface area (Å²) in [5, 5.41) is 1.07. The molecule has 1 saturated heterocycles. The largest absolute Gasteiger partial charge is 0.389 e. The number of hydrogen-bond acceptors (Lipinski definition) is 5. The van der Waals surface area contributed by atoms with E-state index in [9.17, 15) is 18.0 Å². The van der Waals surface area contributed by atoms with Crippen molar-refractivity contribution in [3.05, 3.63) is 47.1 Å². The third kappa shape index (κ3) is 5.85. The number of para-hydroxylation sites is 1. The number of carbonyl (C=O) groups is 1. The molecule has 2 atom stereocenters. The number of H-pyrrole nitrogens is 1. The minimum absolute atomic E-state index is 0.0346. The maximum absolute atomic E-state index is 12.9. The summed E-state index contributed by atoms with van der Waals surface area (Å²) in [6.07, 6.45) is -0.314. The van der Waals surface area contributed by atoms with E-state index in [2.05, 4.69) is 26.7 Å². The van der Waals surface area contributed by atoms with Crippen molar-refractivity contribution in [2.24, 2.45) is 5.73 Å². The van der Waals surface area contributed by atoms with Crippen LogP contribution in [0.25, 0.3) is 10.9 Å². The van der Waals surface area contributed by atoms with Crippen molar-refractivity contribution >= 4 is 28.6 Å². The lowest BCUT2D eigenvalue weighted by atomic mass is 9.99. The summed E-state index contributed by atoms with van der Waals surface area (Å²) in [5.74, 6) is -0.497. The molecule has 180 valence electrons. The second-order valence-corrected chi connectivity index (χ2v) is 9.91. The number of carbonyl (C=O) groups excluding carboxylic acids is 1. The number of nitrogens with two attached hydrogens (primary N) is 1. The smallest absolute Gasteiger partial charge is 0.365 e. The molecule has 1 amide bonds. The van der Waals surface area contributed by atoms with Gasteiger partial charge in [0.25, 0.3) is 5.91 Å². The van der Waals surface area contributed by atoms with Crippen LogP contribution in [0.1, 0.15) is 24.8 Å².